The lowest BCUT2D eigenvalue weighted by Crippen LogP contribution is -2.37. The van der Waals surface area contributed by atoms with Gasteiger partial charge in [-0.25, -0.2) is 4.79 Å². The highest BCUT2D eigenvalue weighted by Gasteiger charge is 2.16. The molecule has 0 aromatic heterocycles. The fourth-order valence-corrected chi connectivity index (χ4v) is 0.709. The Morgan fingerprint density at radius 1 is 1.62 bits per heavy atom. The van der Waals surface area contributed by atoms with Crippen LogP contribution in [0.15, 0.2) is 0 Å². The number of thiol groups is 1. The van der Waals surface area contributed by atoms with Crippen LogP contribution in [0.25, 0.3) is 0 Å². The number of hydrogen-bond acceptors (Lipinski definition) is 4. The molecular formula is C8H17NO3S. The molecule has 0 spiro atoms. The Balaban J connectivity index is 3.64. The van der Waals surface area contributed by atoms with Crippen molar-refractivity contribution < 1.29 is 14.6 Å². The van der Waals surface area contributed by atoms with E-state index in [0.717, 1.165) is 0 Å². The van der Waals surface area contributed by atoms with Crippen molar-refractivity contribution in [2.24, 2.45) is 0 Å². The van der Waals surface area contributed by atoms with E-state index in [1.54, 1.807) is 20.8 Å². The van der Waals surface area contributed by atoms with Gasteiger partial charge < -0.3 is 15.2 Å². The number of nitrogens with one attached hydrogen (secondary N) is 1. The van der Waals surface area contributed by atoms with Crippen molar-refractivity contribution in [2.75, 3.05) is 12.3 Å². The molecule has 1 atom stereocenters. The molecule has 0 aliphatic carbocycles. The quantitative estimate of drug-likeness (QED) is 0.600. The topological polar surface area (TPSA) is 58.6 Å². The highest BCUT2D eigenvalue weighted by atomic mass is 32.1. The van der Waals surface area contributed by atoms with E-state index >= 15 is 0 Å². The van der Waals surface area contributed by atoms with Gasteiger partial charge in [0.2, 0.25) is 0 Å². The van der Waals surface area contributed by atoms with E-state index in [1.165, 1.54) is 0 Å². The Labute approximate surface area is 84.1 Å². The number of alkyl carbamates (subject to hydrolysis) is 1. The van der Waals surface area contributed by atoms with Crippen LogP contribution >= 0.6 is 12.6 Å². The summed E-state index contributed by atoms with van der Waals surface area (Å²) in [5.41, 5.74) is -0.504. The van der Waals surface area contributed by atoms with E-state index < -0.39 is 17.8 Å². The van der Waals surface area contributed by atoms with Crippen LogP contribution < -0.4 is 5.32 Å². The predicted molar refractivity (Wildman–Crippen MR) is 54.1 cm³/mol. The van der Waals surface area contributed by atoms with Gasteiger partial charge in [0.05, 0.1) is 6.10 Å². The van der Waals surface area contributed by atoms with Crippen LogP contribution in [0.3, 0.4) is 0 Å². The van der Waals surface area contributed by atoms with Crippen molar-refractivity contribution in [3.8, 4) is 0 Å². The molecule has 0 bridgehead atoms. The molecule has 0 fully saturated rings. The van der Waals surface area contributed by atoms with Crippen molar-refractivity contribution in [2.45, 2.75) is 32.5 Å². The molecule has 1 amide bonds. The molecular weight excluding hydrogens is 190 g/mol. The summed E-state index contributed by atoms with van der Waals surface area (Å²) in [6, 6.07) is 0. The molecule has 0 aromatic carbocycles. The van der Waals surface area contributed by atoms with Crippen molar-refractivity contribution in [1.29, 1.82) is 0 Å². The van der Waals surface area contributed by atoms with Gasteiger partial charge in [-0.3, -0.25) is 0 Å². The molecule has 0 aliphatic heterocycles. The van der Waals surface area contributed by atoms with Gasteiger partial charge in [-0.1, -0.05) is 0 Å². The highest BCUT2D eigenvalue weighted by molar-refractivity contribution is 7.80. The summed E-state index contributed by atoms with van der Waals surface area (Å²) in [4.78, 5) is 11.0. The van der Waals surface area contributed by atoms with Crippen molar-refractivity contribution in [1.82, 2.24) is 5.32 Å². The fourth-order valence-electron chi connectivity index (χ4n) is 0.580. The lowest BCUT2D eigenvalue weighted by Gasteiger charge is -2.20. The number of carbonyl (C=O) groups excluding carboxylic acids is 1. The Hall–Kier alpha value is -0.420. The van der Waals surface area contributed by atoms with Gasteiger partial charge in [-0.15, -0.1) is 0 Å². The van der Waals surface area contributed by atoms with Crippen LogP contribution in [0, 0.1) is 0 Å². The van der Waals surface area contributed by atoms with Crippen LogP contribution in [0.4, 0.5) is 4.79 Å². The van der Waals surface area contributed by atoms with Gasteiger partial charge >= 0.3 is 6.09 Å². The van der Waals surface area contributed by atoms with Gasteiger partial charge in [0.1, 0.15) is 5.60 Å². The van der Waals surface area contributed by atoms with Gasteiger partial charge in [0, 0.05) is 12.3 Å². The molecule has 0 heterocycles. The second-order valence-electron chi connectivity index (χ2n) is 3.72. The third-order valence-electron chi connectivity index (χ3n) is 1.09. The zero-order chi connectivity index (χ0) is 10.5. The number of aliphatic hydroxyl groups is 1. The average molecular weight is 207 g/mol. The lowest BCUT2D eigenvalue weighted by atomic mass is 10.2. The molecule has 13 heavy (non-hydrogen) atoms. The van der Waals surface area contributed by atoms with E-state index in [-0.39, 0.29) is 6.54 Å². The Morgan fingerprint density at radius 3 is 2.54 bits per heavy atom. The van der Waals surface area contributed by atoms with Crippen molar-refractivity contribution >= 4 is 18.7 Å². The molecule has 0 radical (unpaired) electrons. The van der Waals surface area contributed by atoms with Crippen LogP contribution in [0.2, 0.25) is 0 Å². The summed E-state index contributed by atoms with van der Waals surface area (Å²) in [6.07, 6.45) is -1.15. The fraction of sp³-hybridized carbons (Fsp3) is 0.875. The van der Waals surface area contributed by atoms with Gasteiger partial charge in [-0.2, -0.15) is 12.6 Å². The zero-order valence-electron chi connectivity index (χ0n) is 8.20. The standard InChI is InChI=1S/C8H17NO3S/c1-8(2,3)12-7(11)9-4-6(10)5-13/h6,10,13H,4-5H2,1-3H3,(H,9,11)/t6-/m0/s1. The van der Waals surface area contributed by atoms with Gasteiger partial charge in [0.15, 0.2) is 0 Å². The van der Waals surface area contributed by atoms with Gasteiger partial charge in [-0.05, 0) is 20.8 Å². The Kier molecular flexibility index (Phi) is 5.17. The maximum atomic E-state index is 11.0. The number of carbonyl (C=O) groups is 1. The number of hydrogen-bond donors (Lipinski definition) is 3. The van der Waals surface area contributed by atoms with E-state index in [1.807, 2.05) is 0 Å². The summed E-state index contributed by atoms with van der Waals surface area (Å²) in [7, 11) is 0. The normalized spacial score (nSPS) is 13.6. The molecule has 4 nitrogen and oxygen atoms in total. The molecule has 5 heteroatoms. The minimum atomic E-state index is -0.629. The first-order valence-corrected chi connectivity index (χ1v) is 4.74. The predicted octanol–water partition coefficient (Wildman–Crippen LogP) is 0.802. The number of rotatable bonds is 3. The molecule has 78 valence electrons. The minimum absolute atomic E-state index is 0.165. The first-order chi connectivity index (χ1) is 5.85. The minimum Gasteiger partial charge on any atom is -0.444 e. The van der Waals surface area contributed by atoms with Gasteiger partial charge in [0.25, 0.3) is 0 Å². The summed E-state index contributed by atoms with van der Waals surface area (Å²) in [6.45, 7) is 5.50. The molecule has 0 saturated heterocycles. The maximum absolute atomic E-state index is 11.0. The van der Waals surface area contributed by atoms with Crippen LogP contribution in [-0.4, -0.2) is 35.2 Å². The lowest BCUT2D eigenvalue weighted by molar-refractivity contribution is 0.0499. The molecule has 0 aromatic rings. The molecule has 0 unspecified atom stereocenters. The third-order valence-corrected chi connectivity index (χ3v) is 1.51. The van der Waals surface area contributed by atoms with Crippen molar-refractivity contribution in [3.63, 3.8) is 0 Å². The number of ether oxygens (including phenoxy) is 1. The number of aliphatic hydroxyl groups excluding tert-OH is 1. The maximum Gasteiger partial charge on any atom is 0.407 e. The Morgan fingerprint density at radius 2 is 2.15 bits per heavy atom. The summed E-state index contributed by atoms with van der Waals surface area (Å²) in [5, 5.41) is 11.5. The summed E-state index contributed by atoms with van der Waals surface area (Å²) >= 11 is 3.86. The summed E-state index contributed by atoms with van der Waals surface area (Å²) < 4.78 is 4.95. The Bertz CT molecular complexity index is 167. The molecule has 0 rings (SSSR count). The molecule has 2 N–H and O–H groups in total. The first kappa shape index (κ1) is 12.6. The van der Waals surface area contributed by atoms with E-state index in [4.69, 9.17) is 9.84 Å². The second-order valence-corrected chi connectivity index (χ2v) is 4.08. The SMILES string of the molecule is CC(C)(C)OC(=O)NC[C@H](O)CS. The zero-order valence-corrected chi connectivity index (χ0v) is 9.10. The third kappa shape index (κ3) is 7.93. The van der Waals surface area contributed by atoms with Crippen LogP contribution in [0.5, 0.6) is 0 Å². The highest BCUT2D eigenvalue weighted by Crippen LogP contribution is 2.06. The van der Waals surface area contributed by atoms with E-state index in [0.29, 0.717) is 5.75 Å². The van der Waals surface area contributed by atoms with Crippen LogP contribution in [-0.2, 0) is 4.74 Å². The average Bonchev–Trinajstić information content (AvgIpc) is 1.97. The van der Waals surface area contributed by atoms with Crippen molar-refractivity contribution in [3.05, 3.63) is 0 Å². The second kappa shape index (κ2) is 5.34. The largest absolute Gasteiger partial charge is 0.444 e. The van der Waals surface area contributed by atoms with E-state index in [9.17, 15) is 4.79 Å². The summed E-state index contributed by atoms with van der Waals surface area (Å²) in [5.74, 6) is 0.315. The van der Waals surface area contributed by atoms with E-state index in [2.05, 4.69) is 17.9 Å². The molecule has 0 saturated carbocycles. The van der Waals surface area contributed by atoms with Crippen LogP contribution in [0.1, 0.15) is 20.8 Å². The smallest absolute Gasteiger partial charge is 0.407 e. The monoisotopic (exact) mass is 207 g/mol. The first-order valence-electron chi connectivity index (χ1n) is 4.11. The number of amides is 1. The molecule has 0 aliphatic rings.